The number of nitro groups is 2. The number of hydrogen-bond acceptors (Lipinski definition) is 10. The van der Waals surface area contributed by atoms with Crippen LogP contribution in [0.5, 0.6) is 11.5 Å². The Morgan fingerprint density at radius 1 is 0.632 bits per heavy atom. The van der Waals surface area contributed by atoms with Crippen molar-refractivity contribution in [2.45, 2.75) is 69.2 Å². The van der Waals surface area contributed by atoms with Gasteiger partial charge in [-0.3, -0.25) is 29.8 Å². The predicted octanol–water partition coefficient (Wildman–Crippen LogP) is 8.31. The second-order valence-corrected chi connectivity index (χ2v) is 16.0. The van der Waals surface area contributed by atoms with Gasteiger partial charge in [-0.05, 0) is 118 Å². The van der Waals surface area contributed by atoms with Crippen LogP contribution in [0.2, 0.25) is 0 Å². The first-order valence-electron chi connectivity index (χ1n) is 18.7. The molecule has 4 aliphatic heterocycles. The van der Waals surface area contributed by atoms with E-state index >= 15 is 0 Å². The van der Waals surface area contributed by atoms with E-state index in [0.29, 0.717) is 40.4 Å². The number of amides is 2. The second kappa shape index (κ2) is 12.9. The lowest BCUT2D eigenvalue weighted by Gasteiger charge is -2.45. The van der Waals surface area contributed by atoms with Crippen molar-refractivity contribution >= 4 is 58.1 Å². The molecule has 4 aromatic carbocycles. The summed E-state index contributed by atoms with van der Waals surface area (Å²) < 4.78 is 13.2. The van der Waals surface area contributed by atoms with E-state index in [9.17, 15) is 29.8 Å². The highest BCUT2D eigenvalue weighted by Crippen LogP contribution is 2.56. The highest BCUT2D eigenvalue weighted by molar-refractivity contribution is 5.94. The van der Waals surface area contributed by atoms with Crippen molar-refractivity contribution < 1.29 is 28.9 Å². The van der Waals surface area contributed by atoms with Crippen molar-refractivity contribution in [2.24, 2.45) is 0 Å². The first-order valence-corrected chi connectivity index (χ1v) is 18.7. The third-order valence-corrected chi connectivity index (χ3v) is 12.1. The summed E-state index contributed by atoms with van der Waals surface area (Å²) in [5.74, 6) is 0.668. The lowest BCUT2D eigenvalue weighted by molar-refractivity contribution is -0.385. The van der Waals surface area contributed by atoms with E-state index in [2.05, 4.69) is 38.3 Å². The van der Waals surface area contributed by atoms with E-state index in [1.165, 1.54) is 24.3 Å². The maximum Gasteiger partial charge on any atom is 0.270 e. The quantitative estimate of drug-likeness (QED) is 0.131. The zero-order chi connectivity index (χ0) is 40.7. The molecular formula is C43H42N6O8. The van der Waals surface area contributed by atoms with Gasteiger partial charge in [-0.15, -0.1) is 0 Å². The molecule has 0 saturated heterocycles. The molecule has 14 heteroatoms. The number of ether oxygens (including phenoxy) is 2. The maximum atomic E-state index is 13.1. The number of hydrogen-bond donors (Lipinski definition) is 2. The summed E-state index contributed by atoms with van der Waals surface area (Å²) in [6.07, 6.45) is 8.21. The summed E-state index contributed by atoms with van der Waals surface area (Å²) >= 11 is 0. The van der Waals surface area contributed by atoms with Gasteiger partial charge in [0.15, 0.2) is 0 Å². The van der Waals surface area contributed by atoms with Gasteiger partial charge in [0.25, 0.3) is 11.4 Å². The van der Waals surface area contributed by atoms with Crippen molar-refractivity contribution in [3.63, 3.8) is 0 Å². The van der Waals surface area contributed by atoms with Gasteiger partial charge in [-0.2, -0.15) is 0 Å². The molecule has 4 aromatic rings. The van der Waals surface area contributed by atoms with Crippen molar-refractivity contribution in [1.29, 1.82) is 0 Å². The minimum Gasteiger partial charge on any atom is -0.463 e. The Kier molecular flexibility index (Phi) is 8.45. The number of nitrogens with one attached hydrogen (secondary N) is 2. The Morgan fingerprint density at radius 3 is 1.42 bits per heavy atom. The Labute approximate surface area is 329 Å². The van der Waals surface area contributed by atoms with Gasteiger partial charge in [-0.25, -0.2) is 0 Å². The van der Waals surface area contributed by atoms with E-state index < -0.39 is 32.1 Å². The van der Waals surface area contributed by atoms with Gasteiger partial charge in [-0.1, -0.05) is 0 Å². The number of carbonyl (C=O) groups is 2. The van der Waals surface area contributed by atoms with Gasteiger partial charge < -0.3 is 29.9 Å². The molecule has 0 aromatic heterocycles. The van der Waals surface area contributed by atoms with E-state index in [-0.39, 0.29) is 36.0 Å². The van der Waals surface area contributed by atoms with Crippen molar-refractivity contribution in [1.82, 2.24) is 0 Å². The summed E-state index contributed by atoms with van der Waals surface area (Å²) in [7, 11) is 3.88. The third kappa shape index (κ3) is 5.68. The third-order valence-electron chi connectivity index (χ3n) is 12.1. The topological polar surface area (TPSA) is 169 Å². The van der Waals surface area contributed by atoms with Crippen LogP contribution in [-0.2, 0) is 20.4 Å². The number of fused-ring (bicyclic) bond motifs is 4. The molecular weight excluding hydrogens is 729 g/mol. The number of benzene rings is 4. The smallest absolute Gasteiger partial charge is 0.270 e. The molecule has 2 N–H and O–H groups in total. The number of rotatable bonds is 8. The molecule has 292 valence electrons. The second-order valence-electron chi connectivity index (χ2n) is 16.0. The minimum atomic E-state index is -0.902. The van der Waals surface area contributed by atoms with Gasteiger partial charge in [0, 0.05) is 85.1 Å². The van der Waals surface area contributed by atoms with Gasteiger partial charge in [0.2, 0.25) is 23.3 Å². The molecule has 14 nitrogen and oxygen atoms in total. The number of carbonyl (C=O) groups excluding carboxylic acids is 2. The molecule has 2 atom stereocenters. The van der Waals surface area contributed by atoms with Crippen molar-refractivity contribution in [3.05, 3.63) is 127 Å². The fourth-order valence-corrected chi connectivity index (χ4v) is 8.84. The van der Waals surface area contributed by atoms with Crippen LogP contribution in [0, 0.1) is 20.2 Å². The molecule has 4 aliphatic rings. The molecule has 0 radical (unpaired) electrons. The van der Waals surface area contributed by atoms with Crippen LogP contribution in [0.15, 0.2) is 84.9 Å². The van der Waals surface area contributed by atoms with E-state index in [0.717, 1.165) is 22.5 Å². The largest absolute Gasteiger partial charge is 0.463 e. The van der Waals surface area contributed by atoms with Gasteiger partial charge in [0.05, 0.1) is 20.7 Å². The highest BCUT2D eigenvalue weighted by Gasteiger charge is 2.59. The average Bonchev–Trinajstić information content (AvgIpc) is 3.43. The van der Waals surface area contributed by atoms with Crippen molar-refractivity contribution in [2.75, 3.05) is 34.5 Å². The molecule has 4 heterocycles. The fourth-order valence-electron chi connectivity index (χ4n) is 8.84. The van der Waals surface area contributed by atoms with Gasteiger partial charge in [0.1, 0.15) is 11.5 Å². The Hall–Kier alpha value is -6.70. The van der Waals surface area contributed by atoms with Crippen LogP contribution in [0.1, 0.15) is 69.2 Å². The Morgan fingerprint density at radius 2 is 1.04 bits per heavy atom. The van der Waals surface area contributed by atoms with Gasteiger partial charge >= 0.3 is 0 Å². The summed E-state index contributed by atoms with van der Waals surface area (Å²) in [5.41, 5.74) is 3.34. The molecule has 2 spiro atoms. The van der Waals surface area contributed by atoms with Crippen LogP contribution in [-0.4, -0.2) is 47.2 Å². The van der Waals surface area contributed by atoms with E-state index in [1.807, 2.05) is 84.6 Å². The molecule has 57 heavy (non-hydrogen) atoms. The lowest BCUT2D eigenvalue weighted by Crippen LogP contribution is -2.58. The monoisotopic (exact) mass is 770 g/mol. The molecule has 2 unspecified atom stereocenters. The first-order chi connectivity index (χ1) is 27.0. The summed E-state index contributed by atoms with van der Waals surface area (Å²) in [6.45, 7) is 8.26. The summed E-state index contributed by atoms with van der Waals surface area (Å²) in [6, 6.07) is 20.6. The Balaban J connectivity index is 0.886. The number of anilines is 4. The van der Waals surface area contributed by atoms with E-state index in [4.69, 9.17) is 9.47 Å². The van der Waals surface area contributed by atoms with Crippen LogP contribution in [0.4, 0.5) is 34.1 Å². The minimum absolute atomic E-state index is 0.00705. The van der Waals surface area contributed by atoms with Crippen LogP contribution < -0.4 is 29.9 Å². The molecule has 2 amide bonds. The lowest BCUT2D eigenvalue weighted by atomic mass is 9.76. The number of non-ortho nitro benzene ring substituents is 2. The number of likely N-dealkylation sites (N-methyl/N-ethyl adjacent to an activating group) is 2. The maximum absolute atomic E-state index is 13.1. The molecule has 0 bridgehead atoms. The highest BCUT2D eigenvalue weighted by atomic mass is 16.6. The zero-order valence-electron chi connectivity index (χ0n) is 32.4. The first kappa shape index (κ1) is 37.2. The summed E-state index contributed by atoms with van der Waals surface area (Å²) in [4.78, 5) is 52.1. The molecule has 0 saturated carbocycles. The molecule has 0 aliphatic carbocycles. The SMILES string of the molecule is CN1c2ccc(NC(=O)CCCC(=O)Nc3ccc4c(c3)C(C)(C)C3(C=Cc5cc([N+](=O)[O-])ccc5O3)N4C)cc2C(C)(C)C12C=Cc1cc([N+](=O)[O-])ccc1O2. The Bertz CT molecular complexity index is 2310. The predicted molar refractivity (Wildman–Crippen MR) is 218 cm³/mol. The molecule has 8 rings (SSSR count). The average molecular weight is 771 g/mol. The normalized spacial score (nSPS) is 21.2. The summed E-state index contributed by atoms with van der Waals surface area (Å²) in [5, 5.41) is 28.6. The van der Waals surface area contributed by atoms with E-state index in [1.54, 1.807) is 12.1 Å². The number of nitro benzene ring substituents is 2. The fraction of sp³-hybridized carbons (Fsp3) is 0.302. The molecule has 0 fully saturated rings. The van der Waals surface area contributed by atoms with Crippen LogP contribution in [0.25, 0.3) is 12.2 Å². The van der Waals surface area contributed by atoms with Crippen LogP contribution >= 0.6 is 0 Å². The van der Waals surface area contributed by atoms with Crippen LogP contribution in [0.3, 0.4) is 0 Å². The standard InChI is InChI=1S/C43H42N6O8/c1-40(2)32-24-28(10-14-34(32)46(5)42(40)20-18-26-22-30(48(52)53)12-16-36(26)56-42)44-38(50)8-7-9-39(51)45-29-11-15-35-33(25-29)41(3,4)43(47(35)6)21-19-27-23-31(49(54)55)13-17-37(27)57-43/h10-25H,7-9H2,1-6H3,(H,44,50)(H,45,51). The number of nitrogens with zero attached hydrogens (tertiary/aromatic N) is 4. The zero-order valence-corrected chi connectivity index (χ0v) is 32.4. The van der Waals surface area contributed by atoms with Crippen molar-refractivity contribution in [3.8, 4) is 11.5 Å².